The molecule has 8 heteroatoms. The molecule has 0 amide bonds. The Morgan fingerprint density at radius 1 is 1.38 bits per heavy atom. The van der Waals surface area contributed by atoms with Crippen LogP contribution in [0, 0.1) is 0 Å². The lowest BCUT2D eigenvalue weighted by Gasteiger charge is -2.04. The lowest BCUT2D eigenvalue weighted by atomic mass is 10.1. The van der Waals surface area contributed by atoms with E-state index < -0.39 is 5.97 Å². The minimum Gasteiger partial charge on any atom is -0.497 e. The van der Waals surface area contributed by atoms with E-state index in [4.69, 9.17) is 9.84 Å². The highest BCUT2D eigenvalue weighted by molar-refractivity contribution is 8.01. The summed E-state index contributed by atoms with van der Waals surface area (Å²) in [4.78, 5) is 10.5. The number of rotatable bonds is 8. The zero-order valence-corrected chi connectivity index (χ0v) is 13.0. The third kappa shape index (κ3) is 5.24. The van der Waals surface area contributed by atoms with Gasteiger partial charge in [-0.05, 0) is 24.1 Å². The first-order valence-corrected chi connectivity index (χ1v) is 8.02. The summed E-state index contributed by atoms with van der Waals surface area (Å²) < 4.78 is 5.77. The Morgan fingerprint density at radius 3 is 2.81 bits per heavy atom. The molecule has 112 valence electrons. The van der Waals surface area contributed by atoms with E-state index in [1.807, 2.05) is 24.3 Å². The van der Waals surface area contributed by atoms with Crippen LogP contribution < -0.4 is 10.1 Å². The van der Waals surface area contributed by atoms with Crippen molar-refractivity contribution < 1.29 is 14.6 Å². The molecule has 2 N–H and O–H groups in total. The average Bonchev–Trinajstić information content (AvgIpc) is 2.94. The van der Waals surface area contributed by atoms with E-state index in [0.29, 0.717) is 9.47 Å². The van der Waals surface area contributed by atoms with E-state index in [1.165, 1.54) is 28.7 Å². The number of aromatic nitrogens is 2. The number of thioether (sulfide) groups is 1. The highest BCUT2D eigenvalue weighted by Crippen LogP contribution is 2.25. The molecule has 1 heterocycles. The molecule has 0 saturated heterocycles. The summed E-state index contributed by atoms with van der Waals surface area (Å²) in [7, 11) is 1.64. The highest BCUT2D eigenvalue weighted by atomic mass is 32.2. The van der Waals surface area contributed by atoms with Crippen LogP contribution in [-0.4, -0.2) is 40.7 Å². The first-order valence-electron chi connectivity index (χ1n) is 6.22. The molecule has 0 unspecified atom stereocenters. The lowest BCUT2D eigenvalue weighted by molar-refractivity contribution is -0.133. The molecule has 0 fully saturated rings. The van der Waals surface area contributed by atoms with Crippen molar-refractivity contribution in [3.63, 3.8) is 0 Å². The maximum absolute atomic E-state index is 10.5. The van der Waals surface area contributed by atoms with E-state index in [2.05, 4.69) is 15.5 Å². The van der Waals surface area contributed by atoms with E-state index in [-0.39, 0.29) is 5.75 Å². The van der Waals surface area contributed by atoms with Crippen LogP contribution in [-0.2, 0) is 11.2 Å². The van der Waals surface area contributed by atoms with Crippen molar-refractivity contribution in [1.29, 1.82) is 0 Å². The van der Waals surface area contributed by atoms with E-state index >= 15 is 0 Å². The number of anilines is 1. The van der Waals surface area contributed by atoms with Crippen LogP contribution in [0.1, 0.15) is 5.56 Å². The molecule has 1 aromatic carbocycles. The van der Waals surface area contributed by atoms with Gasteiger partial charge in [0.2, 0.25) is 5.13 Å². The van der Waals surface area contributed by atoms with Crippen molar-refractivity contribution in [2.45, 2.75) is 10.8 Å². The summed E-state index contributed by atoms with van der Waals surface area (Å²) in [5, 5.41) is 20.4. The first-order chi connectivity index (χ1) is 10.2. The molecule has 6 nitrogen and oxygen atoms in total. The molecule has 21 heavy (non-hydrogen) atoms. The molecule has 0 aliphatic carbocycles. The minimum atomic E-state index is -0.857. The van der Waals surface area contributed by atoms with Crippen LogP contribution in [0.5, 0.6) is 5.75 Å². The number of benzene rings is 1. The molecular formula is C13H15N3O3S2. The predicted octanol–water partition coefficient (Wildman–Crippen LogP) is 2.38. The van der Waals surface area contributed by atoms with Gasteiger partial charge in [0, 0.05) is 6.54 Å². The van der Waals surface area contributed by atoms with Crippen molar-refractivity contribution in [2.75, 3.05) is 24.7 Å². The molecule has 0 spiro atoms. The molecule has 0 atom stereocenters. The highest BCUT2D eigenvalue weighted by Gasteiger charge is 2.06. The van der Waals surface area contributed by atoms with Gasteiger partial charge in [0.25, 0.3) is 0 Å². The smallest absolute Gasteiger partial charge is 0.313 e. The van der Waals surface area contributed by atoms with Crippen molar-refractivity contribution in [3.8, 4) is 5.75 Å². The second-order valence-electron chi connectivity index (χ2n) is 4.08. The SMILES string of the molecule is COc1ccc(CCNc2nnc(SCC(=O)O)s2)cc1. The van der Waals surface area contributed by atoms with Crippen LogP contribution >= 0.6 is 23.1 Å². The standard InChI is InChI=1S/C13H15N3O3S2/c1-19-10-4-2-9(3-5-10)6-7-14-12-15-16-13(21-12)20-8-11(17)18/h2-5H,6-8H2,1H3,(H,14,15)(H,17,18). The van der Waals surface area contributed by atoms with Gasteiger partial charge in [-0.15, -0.1) is 10.2 Å². The Kier molecular flexibility index (Phi) is 5.82. The van der Waals surface area contributed by atoms with Gasteiger partial charge in [-0.2, -0.15) is 0 Å². The molecule has 0 aliphatic heterocycles. The maximum atomic E-state index is 10.5. The topological polar surface area (TPSA) is 84.3 Å². The van der Waals surface area contributed by atoms with Crippen molar-refractivity contribution in [2.24, 2.45) is 0 Å². The van der Waals surface area contributed by atoms with Crippen LogP contribution in [0.15, 0.2) is 28.6 Å². The molecule has 2 rings (SSSR count). The molecule has 0 radical (unpaired) electrons. The van der Waals surface area contributed by atoms with Gasteiger partial charge >= 0.3 is 5.97 Å². The van der Waals surface area contributed by atoms with Crippen molar-refractivity contribution in [1.82, 2.24) is 10.2 Å². The number of carboxylic acid groups (broad SMARTS) is 1. The predicted molar refractivity (Wildman–Crippen MR) is 83.5 cm³/mol. The summed E-state index contributed by atoms with van der Waals surface area (Å²) in [6.45, 7) is 0.741. The van der Waals surface area contributed by atoms with Gasteiger partial charge in [0.1, 0.15) is 5.75 Å². The maximum Gasteiger partial charge on any atom is 0.313 e. The Morgan fingerprint density at radius 2 is 2.14 bits per heavy atom. The zero-order chi connectivity index (χ0) is 15.1. The fraction of sp³-hybridized carbons (Fsp3) is 0.308. The van der Waals surface area contributed by atoms with Crippen LogP contribution in [0.3, 0.4) is 0 Å². The lowest BCUT2D eigenvalue weighted by Crippen LogP contribution is -2.04. The number of hydrogen-bond acceptors (Lipinski definition) is 7. The van der Waals surface area contributed by atoms with Crippen LogP contribution in [0.4, 0.5) is 5.13 Å². The Labute approximate surface area is 130 Å². The van der Waals surface area contributed by atoms with E-state index in [9.17, 15) is 4.79 Å². The number of carboxylic acids is 1. The number of ether oxygens (including phenoxy) is 1. The van der Waals surface area contributed by atoms with Crippen LogP contribution in [0.25, 0.3) is 0 Å². The number of carbonyl (C=O) groups is 1. The van der Waals surface area contributed by atoms with Gasteiger partial charge in [0.15, 0.2) is 4.34 Å². The van der Waals surface area contributed by atoms with Gasteiger partial charge in [0.05, 0.1) is 12.9 Å². The summed E-state index contributed by atoms with van der Waals surface area (Å²) in [5.41, 5.74) is 1.20. The average molecular weight is 325 g/mol. The normalized spacial score (nSPS) is 10.3. The Hall–Kier alpha value is -1.80. The van der Waals surface area contributed by atoms with Gasteiger partial charge in [-0.25, -0.2) is 0 Å². The molecule has 0 bridgehead atoms. The number of nitrogens with one attached hydrogen (secondary N) is 1. The second-order valence-corrected chi connectivity index (χ2v) is 6.28. The van der Waals surface area contributed by atoms with Gasteiger partial charge in [-0.3, -0.25) is 4.79 Å². The Bertz CT molecular complexity index is 587. The largest absolute Gasteiger partial charge is 0.497 e. The number of methoxy groups -OCH3 is 1. The Balaban J connectivity index is 1.76. The fourth-order valence-corrected chi connectivity index (χ4v) is 3.07. The molecular weight excluding hydrogens is 310 g/mol. The summed E-state index contributed by atoms with van der Waals surface area (Å²) in [6, 6.07) is 7.91. The molecule has 0 aliphatic rings. The van der Waals surface area contributed by atoms with Gasteiger partial charge in [-0.1, -0.05) is 35.2 Å². The summed E-state index contributed by atoms with van der Waals surface area (Å²) in [6.07, 6.45) is 0.862. The summed E-state index contributed by atoms with van der Waals surface area (Å²) >= 11 is 2.54. The van der Waals surface area contributed by atoms with Crippen LogP contribution in [0.2, 0.25) is 0 Å². The fourth-order valence-electron chi connectivity index (χ4n) is 1.57. The first kappa shape index (κ1) is 15.6. The van der Waals surface area contributed by atoms with Crippen molar-refractivity contribution >= 4 is 34.2 Å². The van der Waals surface area contributed by atoms with Gasteiger partial charge < -0.3 is 15.2 Å². The van der Waals surface area contributed by atoms with E-state index in [1.54, 1.807) is 7.11 Å². The minimum absolute atomic E-state index is 0.000478. The third-order valence-corrected chi connectivity index (χ3v) is 4.57. The quantitative estimate of drug-likeness (QED) is 0.721. The number of hydrogen-bond donors (Lipinski definition) is 2. The molecule has 0 saturated carbocycles. The van der Waals surface area contributed by atoms with Crippen molar-refractivity contribution in [3.05, 3.63) is 29.8 Å². The zero-order valence-electron chi connectivity index (χ0n) is 11.4. The van der Waals surface area contributed by atoms with E-state index in [0.717, 1.165) is 18.7 Å². The second kappa shape index (κ2) is 7.84. The number of aliphatic carboxylic acids is 1. The molecule has 2 aromatic rings. The molecule has 1 aromatic heterocycles. The summed E-state index contributed by atoms with van der Waals surface area (Å²) in [5.74, 6) is -0.0133. The number of nitrogens with zero attached hydrogens (tertiary/aromatic N) is 2. The monoisotopic (exact) mass is 325 g/mol. The third-order valence-electron chi connectivity index (χ3n) is 2.57.